The van der Waals surface area contributed by atoms with E-state index in [0.29, 0.717) is 12.5 Å². The predicted octanol–water partition coefficient (Wildman–Crippen LogP) is 2.78. The highest BCUT2D eigenvalue weighted by molar-refractivity contribution is 9.10. The van der Waals surface area contributed by atoms with Crippen molar-refractivity contribution >= 4 is 15.9 Å². The van der Waals surface area contributed by atoms with Gasteiger partial charge in [-0.2, -0.15) is 5.10 Å². The van der Waals surface area contributed by atoms with Gasteiger partial charge in [-0.05, 0) is 42.6 Å². The minimum atomic E-state index is -0.546. The number of aliphatic hydroxyl groups excluding tert-OH is 1. The summed E-state index contributed by atoms with van der Waals surface area (Å²) < 4.78 is 5.05. The first-order chi connectivity index (χ1) is 9.61. The van der Waals surface area contributed by atoms with E-state index in [2.05, 4.69) is 37.5 Å². The summed E-state index contributed by atoms with van der Waals surface area (Å²) in [7, 11) is 0. The molecule has 6 heteroatoms. The molecule has 0 bridgehead atoms. The van der Waals surface area contributed by atoms with Gasteiger partial charge >= 0.3 is 0 Å². The van der Waals surface area contributed by atoms with Crippen LogP contribution >= 0.6 is 15.9 Å². The number of imidazole rings is 1. The molecule has 0 amide bonds. The molecule has 2 heterocycles. The van der Waals surface area contributed by atoms with Crippen LogP contribution in [0.4, 0.5) is 0 Å². The van der Waals surface area contributed by atoms with Gasteiger partial charge in [-0.3, -0.25) is 4.68 Å². The van der Waals surface area contributed by atoms with E-state index >= 15 is 0 Å². The van der Waals surface area contributed by atoms with Gasteiger partial charge in [0.25, 0.3) is 0 Å². The normalized spacial score (nSPS) is 16.6. The Morgan fingerprint density at radius 1 is 1.50 bits per heavy atom. The van der Waals surface area contributed by atoms with Crippen molar-refractivity contribution in [3.05, 3.63) is 34.1 Å². The van der Waals surface area contributed by atoms with Crippen LogP contribution in [0, 0.1) is 6.92 Å². The Morgan fingerprint density at radius 2 is 2.25 bits per heavy atom. The third kappa shape index (κ3) is 2.42. The Hall–Kier alpha value is -1.14. The summed E-state index contributed by atoms with van der Waals surface area (Å²) in [6, 6.07) is 0.531. The Balaban J connectivity index is 1.85. The zero-order chi connectivity index (χ0) is 14.3. The first-order valence-corrected chi connectivity index (χ1v) is 7.82. The average Bonchev–Trinajstić information content (AvgIpc) is 3.11. The summed E-state index contributed by atoms with van der Waals surface area (Å²) in [6.07, 6.45) is 5.98. The molecule has 1 unspecified atom stereocenters. The number of hydrogen-bond donors (Lipinski definition) is 1. The summed E-state index contributed by atoms with van der Waals surface area (Å²) in [4.78, 5) is 4.19. The second-order valence-electron chi connectivity index (χ2n) is 5.34. The third-order valence-corrected chi connectivity index (χ3v) is 4.85. The van der Waals surface area contributed by atoms with Gasteiger partial charge in [0.05, 0.1) is 34.1 Å². The number of aryl methyl sites for hydroxylation is 2. The molecule has 0 aromatic carbocycles. The Morgan fingerprint density at radius 3 is 2.90 bits per heavy atom. The molecule has 1 atom stereocenters. The van der Waals surface area contributed by atoms with Crippen LogP contribution in [0.15, 0.2) is 17.0 Å². The van der Waals surface area contributed by atoms with Gasteiger partial charge in [-0.25, -0.2) is 4.98 Å². The molecule has 1 fully saturated rings. The van der Waals surface area contributed by atoms with Crippen LogP contribution in [0.2, 0.25) is 0 Å². The van der Waals surface area contributed by atoms with Gasteiger partial charge in [0, 0.05) is 19.0 Å². The molecular formula is C14H19BrN4O. The Kier molecular flexibility index (Phi) is 3.69. The molecule has 0 saturated heterocycles. The number of nitrogens with zero attached hydrogens (tertiary/aromatic N) is 4. The van der Waals surface area contributed by atoms with Crippen molar-refractivity contribution < 1.29 is 5.11 Å². The quantitative estimate of drug-likeness (QED) is 0.911. The summed E-state index contributed by atoms with van der Waals surface area (Å²) in [5.41, 5.74) is 2.91. The lowest BCUT2D eigenvalue weighted by Crippen LogP contribution is -2.12. The maximum absolute atomic E-state index is 10.6. The van der Waals surface area contributed by atoms with Crippen molar-refractivity contribution in [1.82, 2.24) is 19.3 Å². The number of rotatable bonds is 5. The van der Waals surface area contributed by atoms with E-state index in [1.165, 1.54) is 12.8 Å². The fourth-order valence-electron chi connectivity index (χ4n) is 2.58. The second-order valence-corrected chi connectivity index (χ2v) is 6.13. The van der Waals surface area contributed by atoms with Gasteiger partial charge in [0.15, 0.2) is 0 Å². The topological polar surface area (TPSA) is 55.9 Å². The lowest BCUT2D eigenvalue weighted by atomic mass is 10.1. The summed E-state index contributed by atoms with van der Waals surface area (Å²) in [5.74, 6) is 0. The zero-order valence-electron chi connectivity index (χ0n) is 11.8. The van der Waals surface area contributed by atoms with Crippen LogP contribution in [-0.2, 0) is 13.0 Å². The molecule has 1 N–H and O–H groups in total. The van der Waals surface area contributed by atoms with E-state index in [1.807, 2.05) is 17.9 Å². The van der Waals surface area contributed by atoms with E-state index in [9.17, 15) is 5.11 Å². The summed E-state index contributed by atoms with van der Waals surface area (Å²) in [5, 5.41) is 15.0. The van der Waals surface area contributed by atoms with Crippen LogP contribution in [0.25, 0.3) is 0 Å². The highest BCUT2D eigenvalue weighted by Gasteiger charge is 2.28. The van der Waals surface area contributed by atoms with Gasteiger partial charge in [0.2, 0.25) is 0 Å². The van der Waals surface area contributed by atoms with E-state index < -0.39 is 6.10 Å². The molecule has 1 aliphatic carbocycles. The fourth-order valence-corrected chi connectivity index (χ4v) is 3.03. The SMILES string of the molecule is CCn1nc(C)c(Br)c1CC(O)c1cncn1C1CC1. The van der Waals surface area contributed by atoms with Gasteiger partial charge in [-0.15, -0.1) is 0 Å². The van der Waals surface area contributed by atoms with E-state index in [0.717, 1.165) is 28.1 Å². The van der Waals surface area contributed by atoms with Crippen molar-refractivity contribution in [3.8, 4) is 0 Å². The van der Waals surface area contributed by atoms with E-state index in [-0.39, 0.29) is 0 Å². The summed E-state index contributed by atoms with van der Waals surface area (Å²) >= 11 is 3.58. The minimum Gasteiger partial charge on any atom is -0.386 e. The fraction of sp³-hybridized carbons (Fsp3) is 0.571. The van der Waals surface area contributed by atoms with Gasteiger partial charge in [-0.1, -0.05) is 0 Å². The Labute approximate surface area is 126 Å². The molecule has 1 aliphatic rings. The lowest BCUT2D eigenvalue weighted by molar-refractivity contribution is 0.165. The smallest absolute Gasteiger partial charge is 0.101 e. The number of halogens is 1. The molecule has 108 valence electrons. The molecule has 2 aromatic heterocycles. The standard InChI is InChI=1S/C14H19BrN4O/c1-3-19-11(14(15)9(2)17-19)6-13(20)12-7-16-8-18(12)10-4-5-10/h7-8,10,13,20H,3-6H2,1-2H3. The minimum absolute atomic E-state index is 0.531. The van der Waals surface area contributed by atoms with Gasteiger partial charge in [0.1, 0.15) is 6.10 Å². The van der Waals surface area contributed by atoms with Crippen molar-refractivity contribution in [1.29, 1.82) is 0 Å². The molecule has 0 aliphatic heterocycles. The number of hydrogen-bond acceptors (Lipinski definition) is 3. The number of aromatic nitrogens is 4. The second kappa shape index (κ2) is 5.33. The highest BCUT2D eigenvalue weighted by Crippen LogP contribution is 2.37. The molecule has 1 saturated carbocycles. The van der Waals surface area contributed by atoms with Crippen LogP contribution in [0.5, 0.6) is 0 Å². The maximum atomic E-state index is 10.6. The molecular weight excluding hydrogens is 320 g/mol. The van der Waals surface area contributed by atoms with Crippen molar-refractivity contribution in [2.45, 2.75) is 51.8 Å². The first-order valence-electron chi connectivity index (χ1n) is 7.03. The van der Waals surface area contributed by atoms with Crippen LogP contribution in [-0.4, -0.2) is 24.4 Å². The molecule has 0 radical (unpaired) electrons. The van der Waals surface area contributed by atoms with Crippen LogP contribution in [0.1, 0.15) is 49.0 Å². The molecule has 20 heavy (non-hydrogen) atoms. The average molecular weight is 339 g/mol. The van der Waals surface area contributed by atoms with Gasteiger partial charge < -0.3 is 9.67 Å². The lowest BCUT2D eigenvalue weighted by Gasteiger charge is -2.14. The van der Waals surface area contributed by atoms with E-state index in [1.54, 1.807) is 6.20 Å². The molecule has 2 aromatic rings. The maximum Gasteiger partial charge on any atom is 0.101 e. The largest absolute Gasteiger partial charge is 0.386 e. The summed E-state index contributed by atoms with van der Waals surface area (Å²) in [6.45, 7) is 4.83. The van der Waals surface area contributed by atoms with Crippen LogP contribution < -0.4 is 0 Å². The highest BCUT2D eigenvalue weighted by atomic mass is 79.9. The zero-order valence-corrected chi connectivity index (χ0v) is 13.3. The molecule has 5 nitrogen and oxygen atoms in total. The third-order valence-electron chi connectivity index (χ3n) is 3.82. The Bertz CT molecular complexity index is 615. The molecule has 3 rings (SSSR count). The van der Waals surface area contributed by atoms with Crippen molar-refractivity contribution in [2.24, 2.45) is 0 Å². The monoisotopic (exact) mass is 338 g/mol. The first kappa shape index (κ1) is 13.8. The van der Waals surface area contributed by atoms with Crippen LogP contribution in [0.3, 0.4) is 0 Å². The van der Waals surface area contributed by atoms with Crippen molar-refractivity contribution in [3.63, 3.8) is 0 Å². The van der Waals surface area contributed by atoms with Crippen molar-refractivity contribution in [2.75, 3.05) is 0 Å². The molecule has 0 spiro atoms. The van der Waals surface area contributed by atoms with E-state index in [4.69, 9.17) is 0 Å². The number of aliphatic hydroxyl groups is 1. The predicted molar refractivity (Wildman–Crippen MR) is 79.5 cm³/mol.